The minimum Gasteiger partial charge on any atom is -0.300 e. The van der Waals surface area contributed by atoms with Crippen LogP contribution in [0.2, 0.25) is 0 Å². The van der Waals surface area contributed by atoms with Crippen LogP contribution < -0.4 is 5.90 Å². The van der Waals surface area contributed by atoms with Crippen molar-refractivity contribution in [1.82, 2.24) is 0 Å². The van der Waals surface area contributed by atoms with Crippen LogP contribution in [0.5, 0.6) is 0 Å². The molecule has 0 saturated carbocycles. The highest BCUT2D eigenvalue weighted by molar-refractivity contribution is 5.17. The van der Waals surface area contributed by atoms with Crippen LogP contribution in [0.1, 0.15) is 5.56 Å². The Hall–Kier alpha value is -1.00. The van der Waals surface area contributed by atoms with Gasteiger partial charge in [0.2, 0.25) is 0 Å². The van der Waals surface area contributed by atoms with Crippen molar-refractivity contribution in [3.8, 4) is 0 Å². The standard InChI is InChI=1S/C7H7F2NO/c8-6-3-1-2-5(4-11-10)7(6)9/h1-3H,4,10H2. The third-order valence-electron chi connectivity index (χ3n) is 1.27. The second-order valence-corrected chi connectivity index (χ2v) is 2.02. The summed E-state index contributed by atoms with van der Waals surface area (Å²) in [5, 5.41) is 0. The van der Waals surface area contributed by atoms with E-state index in [1.807, 2.05) is 0 Å². The molecule has 11 heavy (non-hydrogen) atoms. The van der Waals surface area contributed by atoms with Gasteiger partial charge in [-0.1, -0.05) is 12.1 Å². The topological polar surface area (TPSA) is 35.2 Å². The van der Waals surface area contributed by atoms with Gasteiger partial charge in [0.05, 0.1) is 6.61 Å². The molecule has 0 aromatic heterocycles. The monoisotopic (exact) mass is 159 g/mol. The molecule has 0 radical (unpaired) electrons. The van der Waals surface area contributed by atoms with Gasteiger partial charge in [-0.05, 0) is 6.07 Å². The van der Waals surface area contributed by atoms with E-state index in [1.54, 1.807) is 0 Å². The first-order chi connectivity index (χ1) is 5.25. The zero-order valence-electron chi connectivity index (χ0n) is 5.68. The van der Waals surface area contributed by atoms with Crippen molar-refractivity contribution in [3.63, 3.8) is 0 Å². The molecule has 0 aliphatic heterocycles. The van der Waals surface area contributed by atoms with Crippen LogP contribution in [0.15, 0.2) is 18.2 Å². The minimum absolute atomic E-state index is 0.118. The third-order valence-corrected chi connectivity index (χ3v) is 1.27. The van der Waals surface area contributed by atoms with E-state index in [4.69, 9.17) is 5.90 Å². The van der Waals surface area contributed by atoms with Crippen molar-refractivity contribution >= 4 is 0 Å². The molecule has 0 saturated heterocycles. The molecule has 0 spiro atoms. The predicted molar refractivity (Wildman–Crippen MR) is 35.3 cm³/mol. The maximum Gasteiger partial charge on any atom is 0.164 e. The molecule has 4 heteroatoms. The molecular weight excluding hydrogens is 152 g/mol. The smallest absolute Gasteiger partial charge is 0.164 e. The summed E-state index contributed by atoms with van der Waals surface area (Å²) in [6, 6.07) is 3.84. The van der Waals surface area contributed by atoms with Crippen LogP contribution >= 0.6 is 0 Å². The normalized spacial score (nSPS) is 10.1. The lowest BCUT2D eigenvalue weighted by atomic mass is 10.2. The van der Waals surface area contributed by atoms with Crippen LogP contribution in [0.3, 0.4) is 0 Å². The molecule has 0 bridgehead atoms. The molecule has 1 aromatic rings. The molecule has 0 unspecified atom stereocenters. The molecule has 0 heterocycles. The van der Waals surface area contributed by atoms with Gasteiger partial charge < -0.3 is 0 Å². The van der Waals surface area contributed by atoms with E-state index >= 15 is 0 Å². The SMILES string of the molecule is NOCc1cccc(F)c1F. The summed E-state index contributed by atoms with van der Waals surface area (Å²) in [5.41, 5.74) is 0.118. The molecule has 60 valence electrons. The van der Waals surface area contributed by atoms with Gasteiger partial charge in [-0.2, -0.15) is 0 Å². The molecule has 1 rings (SSSR count). The lowest BCUT2D eigenvalue weighted by Crippen LogP contribution is -2.02. The van der Waals surface area contributed by atoms with Crippen molar-refractivity contribution < 1.29 is 13.6 Å². The number of benzene rings is 1. The number of halogens is 2. The summed E-state index contributed by atoms with van der Waals surface area (Å²) in [6.07, 6.45) is 0. The quantitative estimate of drug-likeness (QED) is 0.661. The molecule has 0 atom stereocenters. The molecule has 0 aliphatic rings. The number of hydrogen-bond acceptors (Lipinski definition) is 2. The number of rotatable bonds is 2. The lowest BCUT2D eigenvalue weighted by Gasteiger charge is -2.00. The van der Waals surface area contributed by atoms with Gasteiger partial charge in [0.15, 0.2) is 11.6 Å². The van der Waals surface area contributed by atoms with Gasteiger partial charge in [-0.25, -0.2) is 14.7 Å². The third kappa shape index (κ3) is 1.72. The van der Waals surface area contributed by atoms with Gasteiger partial charge in [0.25, 0.3) is 0 Å². The fraction of sp³-hybridized carbons (Fsp3) is 0.143. The van der Waals surface area contributed by atoms with Gasteiger partial charge >= 0.3 is 0 Å². The van der Waals surface area contributed by atoms with Crippen LogP contribution in [-0.4, -0.2) is 0 Å². The minimum atomic E-state index is -0.905. The van der Waals surface area contributed by atoms with E-state index in [0.29, 0.717) is 0 Å². The molecular formula is C7H7F2NO. The van der Waals surface area contributed by atoms with Crippen molar-refractivity contribution in [3.05, 3.63) is 35.4 Å². The summed E-state index contributed by atoms with van der Waals surface area (Å²) in [6.45, 7) is -0.121. The molecule has 2 N–H and O–H groups in total. The van der Waals surface area contributed by atoms with Crippen LogP contribution in [0, 0.1) is 11.6 Å². The largest absolute Gasteiger partial charge is 0.300 e. The Kier molecular flexibility index (Phi) is 2.51. The molecule has 0 fully saturated rings. The molecule has 1 aromatic carbocycles. The fourth-order valence-electron chi connectivity index (χ4n) is 0.750. The van der Waals surface area contributed by atoms with Crippen LogP contribution in [-0.2, 0) is 11.4 Å². The average molecular weight is 159 g/mol. The van der Waals surface area contributed by atoms with Crippen molar-refractivity contribution in [2.45, 2.75) is 6.61 Å². The van der Waals surface area contributed by atoms with Crippen LogP contribution in [0.4, 0.5) is 8.78 Å². The zero-order valence-corrected chi connectivity index (χ0v) is 5.68. The van der Waals surface area contributed by atoms with Crippen LogP contribution in [0.25, 0.3) is 0 Å². The van der Waals surface area contributed by atoms with Gasteiger partial charge in [0, 0.05) is 5.56 Å². The van der Waals surface area contributed by atoms with Gasteiger partial charge in [-0.15, -0.1) is 0 Å². The first-order valence-electron chi connectivity index (χ1n) is 3.00. The predicted octanol–water partition coefficient (Wildman–Crippen LogP) is 1.36. The number of hydrogen-bond donors (Lipinski definition) is 1. The van der Waals surface area contributed by atoms with E-state index in [9.17, 15) is 8.78 Å². The Bertz CT molecular complexity index is 252. The van der Waals surface area contributed by atoms with Gasteiger partial charge in [-0.3, -0.25) is 4.84 Å². The average Bonchev–Trinajstić information content (AvgIpc) is 1.99. The second kappa shape index (κ2) is 3.41. The van der Waals surface area contributed by atoms with Gasteiger partial charge in [0.1, 0.15) is 0 Å². The lowest BCUT2D eigenvalue weighted by molar-refractivity contribution is 0.121. The van der Waals surface area contributed by atoms with E-state index in [-0.39, 0.29) is 12.2 Å². The van der Waals surface area contributed by atoms with E-state index in [1.165, 1.54) is 12.1 Å². The summed E-state index contributed by atoms with van der Waals surface area (Å²) in [5.74, 6) is 2.90. The number of nitrogens with two attached hydrogens (primary N) is 1. The Balaban J connectivity index is 2.96. The first kappa shape index (κ1) is 8.10. The Morgan fingerprint density at radius 1 is 1.36 bits per heavy atom. The molecule has 2 nitrogen and oxygen atoms in total. The Labute approximate surface area is 62.5 Å². The fourth-order valence-corrected chi connectivity index (χ4v) is 0.750. The van der Waals surface area contributed by atoms with Crippen molar-refractivity contribution in [2.75, 3.05) is 0 Å². The summed E-state index contributed by atoms with van der Waals surface area (Å²) in [4.78, 5) is 4.16. The molecule has 0 amide bonds. The Morgan fingerprint density at radius 2 is 2.09 bits per heavy atom. The summed E-state index contributed by atoms with van der Waals surface area (Å²) in [7, 11) is 0. The van der Waals surface area contributed by atoms with Crippen molar-refractivity contribution in [1.29, 1.82) is 0 Å². The highest BCUT2D eigenvalue weighted by atomic mass is 19.2. The maximum atomic E-state index is 12.7. The highest BCUT2D eigenvalue weighted by Gasteiger charge is 2.05. The van der Waals surface area contributed by atoms with E-state index in [2.05, 4.69) is 4.84 Å². The van der Waals surface area contributed by atoms with E-state index in [0.717, 1.165) is 6.07 Å². The first-order valence-corrected chi connectivity index (χ1v) is 3.00. The van der Waals surface area contributed by atoms with E-state index < -0.39 is 11.6 Å². The Morgan fingerprint density at radius 3 is 2.73 bits per heavy atom. The highest BCUT2D eigenvalue weighted by Crippen LogP contribution is 2.11. The van der Waals surface area contributed by atoms with Crippen molar-refractivity contribution in [2.24, 2.45) is 5.90 Å². The second-order valence-electron chi connectivity index (χ2n) is 2.02. The summed E-state index contributed by atoms with van der Waals surface area (Å²) >= 11 is 0. The molecule has 0 aliphatic carbocycles. The zero-order chi connectivity index (χ0) is 8.27. The maximum absolute atomic E-state index is 12.7. The summed E-state index contributed by atoms with van der Waals surface area (Å²) < 4.78 is 25.1.